The van der Waals surface area contributed by atoms with Crippen molar-refractivity contribution in [1.82, 2.24) is 9.88 Å². The van der Waals surface area contributed by atoms with Gasteiger partial charge in [0.1, 0.15) is 5.82 Å². The summed E-state index contributed by atoms with van der Waals surface area (Å²) in [4.78, 5) is 18.5. The molecule has 25 heavy (non-hydrogen) atoms. The van der Waals surface area contributed by atoms with E-state index in [2.05, 4.69) is 23.7 Å². The lowest BCUT2D eigenvalue weighted by Crippen LogP contribution is -2.31. The van der Waals surface area contributed by atoms with Crippen molar-refractivity contribution in [2.75, 3.05) is 18.8 Å². The van der Waals surface area contributed by atoms with Crippen LogP contribution >= 0.6 is 0 Å². The molecule has 1 aliphatic rings. The van der Waals surface area contributed by atoms with E-state index >= 15 is 0 Å². The van der Waals surface area contributed by atoms with Crippen LogP contribution < -0.4 is 5.73 Å². The highest BCUT2D eigenvalue weighted by Crippen LogP contribution is 2.26. The largest absolute Gasteiger partial charge is 0.383 e. The van der Waals surface area contributed by atoms with Crippen molar-refractivity contribution in [3.05, 3.63) is 46.2 Å². The average molecular weight is 340 g/mol. The quantitative estimate of drug-likeness (QED) is 0.613. The summed E-state index contributed by atoms with van der Waals surface area (Å²) in [5.74, 6) is 0.558. The Morgan fingerprint density at radius 1 is 1.44 bits per heavy atom. The van der Waals surface area contributed by atoms with Crippen molar-refractivity contribution < 1.29 is 4.79 Å². The van der Waals surface area contributed by atoms with E-state index in [1.54, 1.807) is 20.0 Å². The third kappa shape index (κ3) is 4.63. The summed E-state index contributed by atoms with van der Waals surface area (Å²) in [5.41, 5.74) is 11.4. The number of hydrogen-bond acceptors (Lipinski definition) is 5. The average Bonchev–Trinajstić information content (AvgIpc) is 2.54. The fourth-order valence-corrected chi connectivity index (χ4v) is 3.34. The molecule has 0 fully saturated rings. The number of rotatable bonds is 6. The Bertz CT molecular complexity index is 746. The van der Waals surface area contributed by atoms with Crippen LogP contribution in [0.4, 0.5) is 5.82 Å². The van der Waals surface area contributed by atoms with Crippen LogP contribution in [0.15, 0.2) is 35.1 Å². The predicted molar refractivity (Wildman–Crippen MR) is 103 cm³/mol. The number of aromatic nitrogens is 1. The highest BCUT2D eigenvalue weighted by atomic mass is 16.1. The molecule has 0 aromatic carbocycles. The summed E-state index contributed by atoms with van der Waals surface area (Å²) in [5, 5.41) is 7.80. The van der Waals surface area contributed by atoms with Crippen molar-refractivity contribution in [1.29, 1.82) is 5.41 Å². The Labute approximate surface area is 150 Å². The molecule has 1 aliphatic heterocycles. The SMILES string of the molecule is CC/C=C(/C(C)=O)C1=C(C)CN(Cc2cnc(N)c(C(C)=N)c2)CC1. The van der Waals surface area contributed by atoms with Gasteiger partial charge >= 0.3 is 0 Å². The minimum Gasteiger partial charge on any atom is -0.383 e. The van der Waals surface area contributed by atoms with Gasteiger partial charge in [-0.25, -0.2) is 4.98 Å². The van der Waals surface area contributed by atoms with Gasteiger partial charge in [0.25, 0.3) is 0 Å². The van der Waals surface area contributed by atoms with Crippen LogP contribution in [0.1, 0.15) is 51.7 Å². The monoisotopic (exact) mass is 340 g/mol. The zero-order valence-corrected chi connectivity index (χ0v) is 15.6. The Kier molecular flexibility index (Phi) is 6.26. The number of allylic oxidation sites excluding steroid dienone is 2. The van der Waals surface area contributed by atoms with Crippen molar-refractivity contribution >= 4 is 17.3 Å². The number of Topliss-reactive ketones (excluding diaryl/α,β-unsaturated/α-hetero) is 1. The lowest BCUT2D eigenvalue weighted by atomic mass is 9.91. The molecule has 0 unspecified atom stereocenters. The van der Waals surface area contributed by atoms with Gasteiger partial charge in [-0.15, -0.1) is 0 Å². The van der Waals surface area contributed by atoms with Crippen LogP contribution in [-0.4, -0.2) is 34.5 Å². The number of nitrogens with one attached hydrogen (secondary N) is 1. The molecule has 134 valence electrons. The van der Waals surface area contributed by atoms with Crippen LogP contribution in [0.5, 0.6) is 0 Å². The highest BCUT2D eigenvalue weighted by Gasteiger charge is 2.21. The summed E-state index contributed by atoms with van der Waals surface area (Å²) < 4.78 is 0. The van der Waals surface area contributed by atoms with Crippen LogP contribution in [-0.2, 0) is 11.3 Å². The molecule has 0 saturated carbocycles. The Balaban J connectivity index is 2.16. The molecule has 1 aromatic heterocycles. The predicted octanol–water partition coefficient (Wildman–Crippen LogP) is 3.50. The zero-order valence-electron chi connectivity index (χ0n) is 15.6. The molecule has 1 aromatic rings. The number of nitrogens with zero attached hydrogens (tertiary/aromatic N) is 2. The third-order valence-corrected chi connectivity index (χ3v) is 4.55. The summed E-state index contributed by atoms with van der Waals surface area (Å²) in [6.45, 7) is 10.1. The normalized spacial score (nSPS) is 16.2. The van der Waals surface area contributed by atoms with Crippen molar-refractivity contribution in [3.8, 4) is 0 Å². The van der Waals surface area contributed by atoms with Gasteiger partial charge in [-0.05, 0) is 50.8 Å². The first kappa shape index (κ1) is 19.1. The number of pyridine rings is 1. The van der Waals surface area contributed by atoms with Gasteiger partial charge in [0.2, 0.25) is 0 Å². The van der Waals surface area contributed by atoms with E-state index in [4.69, 9.17) is 11.1 Å². The van der Waals surface area contributed by atoms with E-state index in [9.17, 15) is 4.79 Å². The molecular formula is C20H28N4O. The minimum atomic E-state index is 0.151. The molecule has 0 radical (unpaired) electrons. The lowest BCUT2D eigenvalue weighted by molar-refractivity contribution is -0.113. The molecule has 5 heteroatoms. The smallest absolute Gasteiger partial charge is 0.159 e. The van der Waals surface area contributed by atoms with Crippen LogP contribution in [0, 0.1) is 5.41 Å². The first-order chi connectivity index (χ1) is 11.8. The Hall–Kier alpha value is -2.27. The fourth-order valence-electron chi connectivity index (χ4n) is 3.34. The summed E-state index contributed by atoms with van der Waals surface area (Å²) in [7, 11) is 0. The molecule has 2 heterocycles. The fraction of sp³-hybridized carbons (Fsp3) is 0.450. The molecule has 2 rings (SSSR count). The van der Waals surface area contributed by atoms with E-state index in [0.717, 1.165) is 43.6 Å². The maximum atomic E-state index is 11.9. The second-order valence-corrected chi connectivity index (χ2v) is 6.70. The number of nitrogens with two attached hydrogens (primary N) is 1. The molecule has 0 amide bonds. The zero-order chi connectivity index (χ0) is 18.6. The van der Waals surface area contributed by atoms with Gasteiger partial charge in [0, 0.05) is 42.7 Å². The summed E-state index contributed by atoms with van der Waals surface area (Å²) in [6, 6.07) is 1.96. The van der Waals surface area contributed by atoms with Gasteiger partial charge in [-0.1, -0.05) is 18.6 Å². The Morgan fingerprint density at radius 3 is 2.72 bits per heavy atom. The molecule has 0 spiro atoms. The van der Waals surface area contributed by atoms with Crippen molar-refractivity contribution in [3.63, 3.8) is 0 Å². The number of anilines is 1. The minimum absolute atomic E-state index is 0.151. The van der Waals surface area contributed by atoms with Gasteiger partial charge in [0.05, 0.1) is 0 Å². The van der Waals surface area contributed by atoms with E-state index in [-0.39, 0.29) is 5.78 Å². The van der Waals surface area contributed by atoms with Gasteiger partial charge in [-0.2, -0.15) is 0 Å². The first-order valence-electron chi connectivity index (χ1n) is 8.75. The van der Waals surface area contributed by atoms with Gasteiger partial charge in [0.15, 0.2) is 5.78 Å². The number of nitrogen functional groups attached to an aromatic ring is 1. The molecule has 3 N–H and O–H groups in total. The van der Waals surface area contributed by atoms with E-state index < -0.39 is 0 Å². The highest BCUT2D eigenvalue weighted by molar-refractivity contribution is 6.00. The van der Waals surface area contributed by atoms with Gasteiger partial charge in [-0.3, -0.25) is 9.69 Å². The number of ketones is 1. The van der Waals surface area contributed by atoms with Gasteiger partial charge < -0.3 is 11.1 Å². The molecule has 0 saturated heterocycles. The molecule has 0 bridgehead atoms. The number of carbonyl (C=O) groups excluding carboxylic acids is 1. The Morgan fingerprint density at radius 2 is 2.16 bits per heavy atom. The maximum absolute atomic E-state index is 11.9. The summed E-state index contributed by atoms with van der Waals surface area (Å²) in [6.07, 6.45) is 5.59. The maximum Gasteiger partial charge on any atom is 0.159 e. The first-order valence-corrected chi connectivity index (χ1v) is 8.75. The molecule has 0 aliphatic carbocycles. The van der Waals surface area contributed by atoms with Crippen LogP contribution in [0.25, 0.3) is 0 Å². The lowest BCUT2D eigenvalue weighted by Gasteiger charge is -2.30. The molecular weight excluding hydrogens is 312 g/mol. The molecule has 5 nitrogen and oxygen atoms in total. The summed E-state index contributed by atoms with van der Waals surface area (Å²) >= 11 is 0. The van der Waals surface area contributed by atoms with Crippen molar-refractivity contribution in [2.45, 2.75) is 47.1 Å². The van der Waals surface area contributed by atoms with Crippen molar-refractivity contribution in [2.24, 2.45) is 0 Å². The second kappa shape index (κ2) is 8.21. The van der Waals surface area contributed by atoms with E-state index in [1.165, 1.54) is 11.1 Å². The van der Waals surface area contributed by atoms with E-state index in [1.807, 2.05) is 12.1 Å². The number of carbonyl (C=O) groups is 1. The third-order valence-electron chi connectivity index (χ3n) is 4.55. The van der Waals surface area contributed by atoms with Crippen LogP contribution in [0.3, 0.4) is 0 Å². The molecule has 0 atom stereocenters. The second-order valence-electron chi connectivity index (χ2n) is 6.70. The standard InChI is InChI=1S/C20H28N4O/c1-5-6-18(15(4)25)17-7-8-24(11-13(17)2)12-16-9-19(14(3)21)20(22)23-10-16/h6,9-10,21H,5,7-8,11-12H2,1-4H3,(H2,22,23)/b18-6-,21-14?. The number of hydrogen-bond donors (Lipinski definition) is 2. The topological polar surface area (TPSA) is 83.1 Å². The van der Waals surface area contributed by atoms with Crippen LogP contribution in [0.2, 0.25) is 0 Å². The van der Waals surface area contributed by atoms with E-state index in [0.29, 0.717) is 17.1 Å².